The number of hydrogen-bond acceptors (Lipinski definition) is 5. The van der Waals surface area contributed by atoms with Gasteiger partial charge in [-0.2, -0.15) is 0 Å². The van der Waals surface area contributed by atoms with Crippen molar-refractivity contribution in [3.05, 3.63) is 63.2 Å². The lowest BCUT2D eigenvalue weighted by molar-refractivity contribution is -0.384. The van der Waals surface area contributed by atoms with E-state index in [-0.39, 0.29) is 5.69 Å². The Hall–Kier alpha value is -2.05. The molecular weight excluding hydrogens is 314 g/mol. The number of nitro benzene ring substituents is 1. The van der Waals surface area contributed by atoms with Crippen LogP contribution in [0.15, 0.2) is 52.3 Å². The molecule has 0 N–H and O–H groups in total. The maximum absolute atomic E-state index is 11.3. The summed E-state index contributed by atoms with van der Waals surface area (Å²) in [6.45, 7) is 0. The first-order chi connectivity index (χ1) is 10.0. The summed E-state index contributed by atoms with van der Waals surface area (Å²) < 4.78 is 4.62. The minimum Gasteiger partial charge on any atom is -0.465 e. The first-order valence-corrected chi connectivity index (χ1v) is 7.01. The second-order valence-electron chi connectivity index (χ2n) is 3.99. The zero-order chi connectivity index (χ0) is 15.4. The van der Waals surface area contributed by atoms with Gasteiger partial charge in [0.25, 0.3) is 5.69 Å². The number of carbonyl (C=O) groups excluding carboxylic acids is 1. The summed E-state index contributed by atoms with van der Waals surface area (Å²) in [6, 6.07) is 11.1. The monoisotopic (exact) mass is 323 g/mol. The van der Waals surface area contributed by atoms with Crippen molar-refractivity contribution >= 4 is 35.0 Å². The number of methoxy groups -OCH3 is 1. The molecule has 0 radical (unpaired) electrons. The van der Waals surface area contributed by atoms with Crippen LogP contribution in [0.5, 0.6) is 0 Å². The smallest absolute Gasteiger partial charge is 0.337 e. The van der Waals surface area contributed by atoms with Gasteiger partial charge in [-0.05, 0) is 30.3 Å². The predicted octanol–water partition coefficient (Wildman–Crippen LogP) is 4.19. The molecule has 0 unspecified atom stereocenters. The van der Waals surface area contributed by atoms with Crippen LogP contribution in [0, 0.1) is 10.1 Å². The molecule has 0 aliphatic carbocycles. The van der Waals surface area contributed by atoms with Crippen LogP contribution < -0.4 is 0 Å². The Balaban J connectivity index is 2.18. The predicted molar refractivity (Wildman–Crippen MR) is 80.0 cm³/mol. The van der Waals surface area contributed by atoms with Gasteiger partial charge in [0.1, 0.15) is 0 Å². The van der Waals surface area contributed by atoms with Crippen molar-refractivity contribution in [1.29, 1.82) is 0 Å². The van der Waals surface area contributed by atoms with E-state index in [1.54, 1.807) is 30.3 Å². The molecule has 0 atom stereocenters. The summed E-state index contributed by atoms with van der Waals surface area (Å²) in [5.41, 5.74) is 0.405. The van der Waals surface area contributed by atoms with Gasteiger partial charge in [0, 0.05) is 21.9 Å². The SMILES string of the molecule is COC(=O)c1ccc(Sc2ccc([N+](=O)[O-])cc2Cl)cc1. The number of nitro groups is 1. The van der Waals surface area contributed by atoms with E-state index in [0.29, 0.717) is 15.5 Å². The van der Waals surface area contributed by atoms with E-state index in [4.69, 9.17) is 11.6 Å². The Morgan fingerprint density at radius 3 is 2.43 bits per heavy atom. The van der Waals surface area contributed by atoms with E-state index in [1.807, 2.05) is 0 Å². The van der Waals surface area contributed by atoms with Crippen LogP contribution in [-0.4, -0.2) is 18.0 Å². The highest BCUT2D eigenvalue weighted by Crippen LogP contribution is 2.35. The molecule has 0 aromatic heterocycles. The number of esters is 1. The van der Waals surface area contributed by atoms with Crippen molar-refractivity contribution in [3.63, 3.8) is 0 Å². The van der Waals surface area contributed by atoms with Gasteiger partial charge in [-0.25, -0.2) is 4.79 Å². The van der Waals surface area contributed by atoms with Crippen molar-refractivity contribution in [2.75, 3.05) is 7.11 Å². The largest absolute Gasteiger partial charge is 0.465 e. The summed E-state index contributed by atoms with van der Waals surface area (Å²) in [5.74, 6) is -0.403. The third-order valence-corrected chi connectivity index (χ3v) is 4.14. The van der Waals surface area contributed by atoms with Crippen molar-refractivity contribution in [1.82, 2.24) is 0 Å². The maximum Gasteiger partial charge on any atom is 0.337 e. The number of benzene rings is 2. The fourth-order valence-electron chi connectivity index (χ4n) is 1.59. The number of rotatable bonds is 4. The van der Waals surface area contributed by atoms with E-state index >= 15 is 0 Å². The molecule has 2 aromatic rings. The van der Waals surface area contributed by atoms with Gasteiger partial charge in [-0.15, -0.1) is 0 Å². The van der Waals surface area contributed by atoms with Crippen LogP contribution in [0.1, 0.15) is 10.4 Å². The van der Waals surface area contributed by atoms with Crippen LogP contribution >= 0.6 is 23.4 Å². The highest BCUT2D eigenvalue weighted by Gasteiger charge is 2.11. The lowest BCUT2D eigenvalue weighted by Gasteiger charge is -2.05. The molecule has 0 aliphatic rings. The molecule has 0 amide bonds. The summed E-state index contributed by atoms with van der Waals surface area (Å²) in [7, 11) is 1.32. The number of hydrogen-bond donors (Lipinski definition) is 0. The minimum atomic E-state index is -0.495. The molecule has 21 heavy (non-hydrogen) atoms. The van der Waals surface area contributed by atoms with Crippen molar-refractivity contribution < 1.29 is 14.5 Å². The van der Waals surface area contributed by atoms with Crippen molar-refractivity contribution in [2.24, 2.45) is 0 Å². The zero-order valence-electron chi connectivity index (χ0n) is 10.9. The molecule has 0 aliphatic heterocycles. The summed E-state index contributed by atoms with van der Waals surface area (Å²) in [6.07, 6.45) is 0. The maximum atomic E-state index is 11.3. The highest BCUT2D eigenvalue weighted by molar-refractivity contribution is 7.99. The molecule has 7 heteroatoms. The van der Waals surface area contributed by atoms with Gasteiger partial charge in [-0.3, -0.25) is 10.1 Å². The van der Waals surface area contributed by atoms with Gasteiger partial charge in [0.15, 0.2) is 0 Å². The van der Waals surface area contributed by atoms with E-state index in [0.717, 1.165) is 4.90 Å². The Morgan fingerprint density at radius 1 is 1.24 bits per heavy atom. The van der Waals surface area contributed by atoms with E-state index in [9.17, 15) is 14.9 Å². The number of non-ortho nitro benzene ring substituents is 1. The Morgan fingerprint density at radius 2 is 1.90 bits per heavy atom. The molecule has 2 rings (SSSR count). The van der Waals surface area contributed by atoms with Gasteiger partial charge in [-0.1, -0.05) is 23.4 Å². The quantitative estimate of drug-likeness (QED) is 0.479. The van der Waals surface area contributed by atoms with Gasteiger partial charge in [0.2, 0.25) is 0 Å². The van der Waals surface area contributed by atoms with E-state index < -0.39 is 10.9 Å². The lowest BCUT2D eigenvalue weighted by Crippen LogP contribution is -2.00. The molecular formula is C14H10ClNO4S. The first kappa shape index (κ1) is 15.3. The van der Waals surface area contributed by atoms with Crippen molar-refractivity contribution in [2.45, 2.75) is 9.79 Å². The third kappa shape index (κ3) is 3.74. The molecule has 0 bridgehead atoms. The number of nitrogens with zero attached hydrogens (tertiary/aromatic N) is 1. The Labute approximate surface area is 130 Å². The third-order valence-electron chi connectivity index (χ3n) is 2.63. The first-order valence-electron chi connectivity index (χ1n) is 5.81. The second kappa shape index (κ2) is 6.60. The van der Waals surface area contributed by atoms with E-state index in [2.05, 4.69) is 4.74 Å². The fourth-order valence-corrected chi connectivity index (χ4v) is 2.70. The van der Waals surface area contributed by atoms with E-state index in [1.165, 1.54) is 31.0 Å². The van der Waals surface area contributed by atoms with Crippen LogP contribution in [0.2, 0.25) is 5.02 Å². The lowest BCUT2D eigenvalue weighted by atomic mass is 10.2. The number of ether oxygens (including phenoxy) is 1. The molecule has 5 nitrogen and oxygen atoms in total. The fraction of sp³-hybridized carbons (Fsp3) is 0.0714. The molecule has 0 saturated carbocycles. The topological polar surface area (TPSA) is 69.4 Å². The molecule has 108 valence electrons. The number of carbonyl (C=O) groups is 1. The zero-order valence-corrected chi connectivity index (χ0v) is 12.5. The second-order valence-corrected chi connectivity index (χ2v) is 5.51. The van der Waals surface area contributed by atoms with Crippen LogP contribution in [0.3, 0.4) is 0 Å². The highest BCUT2D eigenvalue weighted by atomic mass is 35.5. The minimum absolute atomic E-state index is 0.0506. The average molecular weight is 324 g/mol. The molecule has 2 aromatic carbocycles. The Kier molecular flexibility index (Phi) is 4.82. The van der Waals surface area contributed by atoms with Crippen molar-refractivity contribution in [3.8, 4) is 0 Å². The summed E-state index contributed by atoms with van der Waals surface area (Å²) >= 11 is 7.38. The molecule has 0 spiro atoms. The van der Waals surface area contributed by atoms with Crippen LogP contribution in [0.4, 0.5) is 5.69 Å². The normalized spacial score (nSPS) is 10.2. The van der Waals surface area contributed by atoms with Gasteiger partial charge < -0.3 is 4.74 Å². The average Bonchev–Trinajstić information content (AvgIpc) is 2.49. The Bertz CT molecular complexity index is 688. The van der Waals surface area contributed by atoms with Crippen LogP contribution in [-0.2, 0) is 4.74 Å². The molecule has 0 fully saturated rings. The summed E-state index contributed by atoms with van der Waals surface area (Å²) in [5, 5.41) is 11.0. The molecule has 0 heterocycles. The summed E-state index contributed by atoms with van der Waals surface area (Å²) in [4.78, 5) is 23.0. The standard InChI is InChI=1S/C14H10ClNO4S/c1-20-14(17)9-2-5-11(6-3-9)21-13-7-4-10(16(18)19)8-12(13)15/h2-8H,1H3. The van der Waals surface area contributed by atoms with Crippen LogP contribution in [0.25, 0.3) is 0 Å². The van der Waals surface area contributed by atoms with Gasteiger partial charge in [0.05, 0.1) is 22.6 Å². The molecule has 0 saturated heterocycles. The van der Waals surface area contributed by atoms with Gasteiger partial charge >= 0.3 is 5.97 Å². The number of halogens is 1.